The molecule has 33 heavy (non-hydrogen) atoms. The van der Waals surface area contributed by atoms with Crippen molar-refractivity contribution in [2.45, 2.75) is 6.36 Å². The van der Waals surface area contributed by atoms with E-state index in [0.29, 0.717) is 17.1 Å². The number of anilines is 1. The molecule has 0 unspecified atom stereocenters. The summed E-state index contributed by atoms with van der Waals surface area (Å²) in [7, 11) is 4.31. The number of amides is 2. The highest BCUT2D eigenvalue weighted by molar-refractivity contribution is 6.36. The van der Waals surface area contributed by atoms with Crippen LogP contribution in [0.3, 0.4) is 0 Å². The predicted molar refractivity (Wildman–Crippen MR) is 112 cm³/mol. The fraction of sp³-hybridized carbons (Fsp3) is 0.273. The van der Waals surface area contributed by atoms with E-state index in [9.17, 15) is 22.8 Å². The van der Waals surface area contributed by atoms with Crippen molar-refractivity contribution in [1.29, 1.82) is 0 Å². The maximum atomic E-state index is 13.1. The second-order valence-corrected chi connectivity index (χ2v) is 6.78. The van der Waals surface area contributed by atoms with Crippen molar-refractivity contribution in [3.05, 3.63) is 53.7 Å². The van der Waals surface area contributed by atoms with Crippen LogP contribution < -0.4 is 19.5 Å². The third kappa shape index (κ3) is 5.37. The minimum absolute atomic E-state index is 0.00659. The monoisotopic (exact) mass is 466 g/mol. The lowest BCUT2D eigenvalue weighted by Gasteiger charge is -2.15. The van der Waals surface area contributed by atoms with Gasteiger partial charge in [0.05, 0.1) is 32.9 Å². The number of imide groups is 1. The molecule has 2 aromatic carbocycles. The Hall–Kier alpha value is -3.73. The van der Waals surface area contributed by atoms with Crippen molar-refractivity contribution >= 4 is 23.1 Å². The molecule has 0 spiro atoms. The number of nitrogens with zero attached hydrogens (tertiary/aromatic N) is 1. The number of halogens is 3. The first kappa shape index (κ1) is 23.9. The Labute approximate surface area is 187 Å². The number of methoxy groups -OCH3 is 3. The van der Waals surface area contributed by atoms with Gasteiger partial charge in [0.25, 0.3) is 11.8 Å². The van der Waals surface area contributed by atoms with E-state index < -0.39 is 23.9 Å². The van der Waals surface area contributed by atoms with Gasteiger partial charge in [-0.1, -0.05) is 12.1 Å². The normalized spacial score (nSPS) is 14.1. The van der Waals surface area contributed by atoms with Crippen LogP contribution in [0.5, 0.6) is 17.2 Å². The molecule has 0 radical (unpaired) electrons. The van der Waals surface area contributed by atoms with E-state index in [1.54, 1.807) is 12.1 Å². The van der Waals surface area contributed by atoms with E-state index in [1.165, 1.54) is 39.5 Å². The molecule has 176 valence electrons. The first-order valence-corrected chi connectivity index (χ1v) is 9.63. The lowest BCUT2D eigenvalue weighted by Crippen LogP contribution is -2.35. The van der Waals surface area contributed by atoms with Crippen molar-refractivity contribution in [3.63, 3.8) is 0 Å². The van der Waals surface area contributed by atoms with Gasteiger partial charge >= 0.3 is 6.36 Å². The van der Waals surface area contributed by atoms with E-state index >= 15 is 0 Å². The summed E-state index contributed by atoms with van der Waals surface area (Å²) >= 11 is 0. The molecule has 0 atom stereocenters. The molecule has 1 heterocycles. The Bertz CT molecular complexity index is 1080. The van der Waals surface area contributed by atoms with Gasteiger partial charge in [0.15, 0.2) is 11.5 Å². The summed E-state index contributed by atoms with van der Waals surface area (Å²) in [6.45, 7) is 0.103. The van der Waals surface area contributed by atoms with E-state index in [0.717, 1.165) is 17.0 Å². The van der Waals surface area contributed by atoms with Crippen LogP contribution in [0.15, 0.2) is 48.2 Å². The molecule has 0 saturated carbocycles. The number of rotatable bonds is 9. The molecule has 11 heteroatoms. The number of hydrogen-bond acceptors (Lipinski definition) is 7. The Morgan fingerprint density at radius 3 is 2.30 bits per heavy atom. The minimum Gasteiger partial charge on any atom is -0.493 e. The second-order valence-electron chi connectivity index (χ2n) is 6.78. The number of carbonyl (C=O) groups excluding carboxylic acids is 2. The number of carbonyl (C=O) groups is 2. The number of alkyl halides is 3. The number of ether oxygens (including phenoxy) is 4. The maximum Gasteiger partial charge on any atom is 0.573 e. The smallest absolute Gasteiger partial charge is 0.493 e. The van der Waals surface area contributed by atoms with Crippen molar-refractivity contribution < 1.29 is 41.7 Å². The zero-order valence-corrected chi connectivity index (χ0v) is 18.0. The largest absolute Gasteiger partial charge is 0.573 e. The van der Waals surface area contributed by atoms with Crippen LogP contribution in [0.25, 0.3) is 5.57 Å². The van der Waals surface area contributed by atoms with Gasteiger partial charge in [-0.3, -0.25) is 14.5 Å². The molecular formula is C22H21F3N2O6. The number of benzene rings is 2. The Kier molecular flexibility index (Phi) is 7.12. The van der Waals surface area contributed by atoms with E-state index in [2.05, 4.69) is 10.1 Å². The molecule has 0 saturated heterocycles. The van der Waals surface area contributed by atoms with Crippen LogP contribution in [-0.2, 0) is 14.3 Å². The molecule has 2 aromatic rings. The summed E-state index contributed by atoms with van der Waals surface area (Å²) in [5, 5.41) is 2.78. The van der Waals surface area contributed by atoms with Gasteiger partial charge in [0, 0.05) is 18.9 Å². The summed E-state index contributed by atoms with van der Waals surface area (Å²) in [6, 6.07) is 9.64. The average molecular weight is 466 g/mol. The van der Waals surface area contributed by atoms with Crippen molar-refractivity contribution in [2.24, 2.45) is 0 Å². The molecule has 0 fully saturated rings. The molecule has 1 aliphatic rings. The number of nitrogens with one attached hydrogen (secondary N) is 1. The molecule has 0 bridgehead atoms. The van der Waals surface area contributed by atoms with Gasteiger partial charge in [-0.25, -0.2) is 0 Å². The summed E-state index contributed by atoms with van der Waals surface area (Å²) in [5.74, 6) is -0.966. The standard InChI is InChI=1S/C22H21F3N2O6/c1-30-10-9-27-20(28)18(13-7-8-16(31-2)17(11-13)32-3)19(21(27)29)26-14-5-4-6-15(12-14)33-22(23,24)25/h4-8,11-12,26H,9-10H2,1-3H3. The SMILES string of the molecule is COCCN1C(=O)C(Nc2cccc(OC(F)(F)F)c2)=C(c2ccc(OC)c(OC)c2)C1=O. The average Bonchev–Trinajstić information content (AvgIpc) is 2.99. The van der Waals surface area contributed by atoms with Crippen molar-refractivity contribution in [2.75, 3.05) is 39.8 Å². The molecule has 1 aliphatic heterocycles. The predicted octanol–water partition coefficient (Wildman–Crippen LogP) is 3.44. The van der Waals surface area contributed by atoms with Crippen molar-refractivity contribution in [1.82, 2.24) is 4.90 Å². The first-order valence-electron chi connectivity index (χ1n) is 9.63. The van der Waals surface area contributed by atoms with Crippen LogP contribution in [0.4, 0.5) is 18.9 Å². The first-order chi connectivity index (χ1) is 15.7. The highest BCUT2D eigenvalue weighted by atomic mass is 19.4. The molecule has 0 aromatic heterocycles. The zero-order chi connectivity index (χ0) is 24.2. The van der Waals surface area contributed by atoms with Gasteiger partial charge in [-0.15, -0.1) is 13.2 Å². The summed E-state index contributed by atoms with van der Waals surface area (Å²) < 4.78 is 57.2. The summed E-state index contributed by atoms with van der Waals surface area (Å²) in [6.07, 6.45) is -4.88. The van der Waals surface area contributed by atoms with E-state index in [4.69, 9.17) is 14.2 Å². The molecule has 3 rings (SSSR count). The van der Waals surface area contributed by atoms with Gasteiger partial charge in [0.2, 0.25) is 0 Å². The van der Waals surface area contributed by atoms with Crippen LogP contribution in [0.2, 0.25) is 0 Å². The second kappa shape index (κ2) is 9.82. The Morgan fingerprint density at radius 1 is 0.939 bits per heavy atom. The quantitative estimate of drug-likeness (QED) is 0.567. The summed E-state index contributed by atoms with van der Waals surface area (Å²) in [4.78, 5) is 27.2. The van der Waals surface area contributed by atoms with Crippen LogP contribution in [-0.4, -0.2) is 57.6 Å². The van der Waals surface area contributed by atoms with Gasteiger partial charge in [0.1, 0.15) is 11.4 Å². The molecule has 0 aliphatic carbocycles. The van der Waals surface area contributed by atoms with Gasteiger partial charge in [-0.2, -0.15) is 0 Å². The highest BCUT2D eigenvalue weighted by Crippen LogP contribution is 2.36. The van der Waals surface area contributed by atoms with E-state index in [-0.39, 0.29) is 30.1 Å². The zero-order valence-electron chi connectivity index (χ0n) is 18.0. The Balaban J connectivity index is 2.05. The number of hydrogen-bond donors (Lipinski definition) is 1. The van der Waals surface area contributed by atoms with Crippen LogP contribution in [0.1, 0.15) is 5.56 Å². The fourth-order valence-corrected chi connectivity index (χ4v) is 3.25. The topological polar surface area (TPSA) is 86.3 Å². The van der Waals surface area contributed by atoms with Gasteiger partial charge in [-0.05, 0) is 29.8 Å². The molecular weight excluding hydrogens is 445 g/mol. The van der Waals surface area contributed by atoms with E-state index in [1.807, 2.05) is 0 Å². The lowest BCUT2D eigenvalue weighted by atomic mass is 10.0. The Morgan fingerprint density at radius 2 is 1.67 bits per heavy atom. The third-order valence-electron chi connectivity index (χ3n) is 4.70. The molecule has 1 N–H and O–H groups in total. The maximum absolute atomic E-state index is 13.1. The molecule has 2 amide bonds. The highest BCUT2D eigenvalue weighted by Gasteiger charge is 2.39. The third-order valence-corrected chi connectivity index (χ3v) is 4.70. The fourth-order valence-electron chi connectivity index (χ4n) is 3.25. The van der Waals surface area contributed by atoms with Crippen LogP contribution >= 0.6 is 0 Å². The summed E-state index contributed by atoms with van der Waals surface area (Å²) in [5.41, 5.74) is 0.405. The van der Waals surface area contributed by atoms with Crippen molar-refractivity contribution in [3.8, 4) is 17.2 Å². The minimum atomic E-state index is -4.88. The van der Waals surface area contributed by atoms with Crippen LogP contribution in [0, 0.1) is 0 Å². The van der Waals surface area contributed by atoms with Gasteiger partial charge < -0.3 is 24.3 Å². The lowest BCUT2D eigenvalue weighted by molar-refractivity contribution is -0.274. The molecule has 8 nitrogen and oxygen atoms in total.